The molecule has 0 saturated heterocycles. The molecule has 2 heterocycles. The summed E-state index contributed by atoms with van der Waals surface area (Å²) >= 11 is 0. The van der Waals surface area contributed by atoms with Crippen molar-refractivity contribution in [1.29, 1.82) is 0 Å². The summed E-state index contributed by atoms with van der Waals surface area (Å²) in [5.41, 5.74) is 0.420. The molecule has 2 atom stereocenters. The van der Waals surface area contributed by atoms with Crippen molar-refractivity contribution in [1.82, 2.24) is 10.6 Å². The molecule has 0 bridgehead atoms. The van der Waals surface area contributed by atoms with E-state index in [1.54, 1.807) is 12.2 Å². The Morgan fingerprint density at radius 3 is 2.62 bits per heavy atom. The zero-order valence-corrected chi connectivity index (χ0v) is 11.6. The molecule has 0 radical (unpaired) electrons. The van der Waals surface area contributed by atoms with E-state index < -0.39 is 29.6 Å². The molecule has 3 rings (SSSR count). The minimum Gasteiger partial charge on any atom is -0.376 e. The van der Waals surface area contributed by atoms with Crippen LogP contribution in [0, 0.1) is 5.92 Å². The fraction of sp³-hybridized carbons (Fsp3) is 0.400. The van der Waals surface area contributed by atoms with Gasteiger partial charge in [0.15, 0.2) is 0 Å². The van der Waals surface area contributed by atoms with Crippen LogP contribution in [-0.4, -0.2) is 23.7 Å². The van der Waals surface area contributed by atoms with Crippen molar-refractivity contribution in [3.63, 3.8) is 0 Å². The number of nitrogens with one attached hydrogen (secondary N) is 2. The molecule has 0 aromatic carbocycles. The minimum absolute atomic E-state index is 0.266. The van der Waals surface area contributed by atoms with Gasteiger partial charge in [0, 0.05) is 23.3 Å². The van der Waals surface area contributed by atoms with Gasteiger partial charge in [0.05, 0.1) is 11.6 Å². The largest absolute Gasteiger partial charge is 0.413 e. The van der Waals surface area contributed by atoms with Gasteiger partial charge >= 0.3 is 6.18 Å². The summed E-state index contributed by atoms with van der Waals surface area (Å²) in [6.45, 7) is 3.93. The molecule has 0 aromatic heterocycles. The Balaban J connectivity index is 2.04. The summed E-state index contributed by atoms with van der Waals surface area (Å²) < 4.78 is 39.3. The minimum atomic E-state index is -4.51. The van der Waals surface area contributed by atoms with Gasteiger partial charge in [-0.3, -0.25) is 4.79 Å². The molecule has 21 heavy (non-hydrogen) atoms. The van der Waals surface area contributed by atoms with Crippen molar-refractivity contribution in [3.8, 4) is 0 Å². The summed E-state index contributed by atoms with van der Waals surface area (Å²) in [4.78, 5) is 11.5. The van der Waals surface area contributed by atoms with Crippen LogP contribution >= 0.6 is 0 Å². The third kappa shape index (κ3) is 2.50. The predicted octanol–water partition coefficient (Wildman–Crippen LogP) is 2.35. The monoisotopic (exact) mass is 296 g/mol. The standard InChI is InChI=1S/C15H15F3N2O/c1-14(2)4-3-8-5-9-10(15(16,17)18)6-13(21)19-12(9)7-11(8)20-14/h3-7,9,12,20H,1-2H3,(H,19,21). The Labute approximate surface area is 120 Å². The molecule has 112 valence electrons. The van der Waals surface area contributed by atoms with E-state index in [2.05, 4.69) is 10.6 Å². The molecule has 2 N–H and O–H groups in total. The van der Waals surface area contributed by atoms with Crippen molar-refractivity contribution >= 4 is 5.91 Å². The van der Waals surface area contributed by atoms with Gasteiger partial charge in [-0.2, -0.15) is 13.2 Å². The molecule has 0 fully saturated rings. The van der Waals surface area contributed by atoms with Gasteiger partial charge in [-0.1, -0.05) is 18.2 Å². The molecule has 2 aliphatic heterocycles. The molecular weight excluding hydrogens is 281 g/mol. The first-order chi connectivity index (χ1) is 9.66. The molecule has 6 heteroatoms. The first-order valence-corrected chi connectivity index (χ1v) is 6.66. The zero-order valence-electron chi connectivity index (χ0n) is 11.6. The topological polar surface area (TPSA) is 41.1 Å². The van der Waals surface area contributed by atoms with Gasteiger partial charge in [-0.25, -0.2) is 0 Å². The van der Waals surface area contributed by atoms with Crippen molar-refractivity contribution in [2.24, 2.45) is 5.92 Å². The molecular formula is C15H15F3N2O. The van der Waals surface area contributed by atoms with E-state index in [9.17, 15) is 18.0 Å². The summed E-state index contributed by atoms with van der Waals surface area (Å²) in [7, 11) is 0. The van der Waals surface area contributed by atoms with Crippen molar-refractivity contribution < 1.29 is 18.0 Å². The summed E-state index contributed by atoms with van der Waals surface area (Å²) in [6, 6.07) is -0.673. The number of halogens is 3. The fourth-order valence-corrected chi connectivity index (χ4v) is 2.84. The second kappa shape index (κ2) is 4.26. The number of carbonyl (C=O) groups is 1. The smallest absolute Gasteiger partial charge is 0.376 e. The van der Waals surface area contributed by atoms with E-state index in [1.807, 2.05) is 26.0 Å². The number of allylic oxidation sites excluding steroid dienone is 1. The predicted molar refractivity (Wildman–Crippen MR) is 72.1 cm³/mol. The SMILES string of the molecule is CC1(C)C=CC2=CC3C(C(F)(F)F)=CC(=O)NC3C=C2N1. The van der Waals surface area contributed by atoms with Crippen LogP contribution in [0.15, 0.2) is 47.2 Å². The van der Waals surface area contributed by atoms with Crippen molar-refractivity contribution in [2.75, 3.05) is 0 Å². The Kier molecular flexibility index (Phi) is 2.83. The van der Waals surface area contributed by atoms with E-state index in [1.165, 1.54) is 0 Å². The van der Waals surface area contributed by atoms with Gasteiger partial charge in [0.1, 0.15) is 0 Å². The third-order valence-corrected chi connectivity index (χ3v) is 3.82. The first kappa shape index (κ1) is 14.0. The molecule has 1 aliphatic carbocycles. The number of fused-ring (bicyclic) bond motifs is 2. The lowest BCUT2D eigenvalue weighted by atomic mass is 9.79. The quantitative estimate of drug-likeness (QED) is 0.720. The van der Waals surface area contributed by atoms with Crippen LogP contribution in [-0.2, 0) is 4.79 Å². The average molecular weight is 296 g/mol. The molecule has 0 spiro atoms. The highest BCUT2D eigenvalue weighted by Gasteiger charge is 2.45. The van der Waals surface area contributed by atoms with Crippen LogP contribution in [0.25, 0.3) is 0 Å². The van der Waals surface area contributed by atoms with E-state index in [4.69, 9.17) is 0 Å². The highest BCUT2D eigenvalue weighted by atomic mass is 19.4. The maximum Gasteiger partial charge on any atom is 0.413 e. The maximum atomic E-state index is 13.1. The number of rotatable bonds is 0. The van der Waals surface area contributed by atoms with Crippen LogP contribution in [0.3, 0.4) is 0 Å². The Bertz CT molecular complexity index is 623. The van der Waals surface area contributed by atoms with Gasteiger partial charge in [-0.05, 0) is 25.5 Å². The lowest BCUT2D eigenvalue weighted by Crippen LogP contribution is -2.49. The number of hydrogen-bond donors (Lipinski definition) is 2. The van der Waals surface area contributed by atoms with Gasteiger partial charge in [0.2, 0.25) is 5.91 Å². The van der Waals surface area contributed by atoms with E-state index in [0.29, 0.717) is 6.08 Å². The summed E-state index contributed by atoms with van der Waals surface area (Å²) in [6.07, 6.45) is 3.12. The van der Waals surface area contributed by atoms with Crippen LogP contribution in [0.5, 0.6) is 0 Å². The highest BCUT2D eigenvalue weighted by Crippen LogP contribution is 2.40. The normalized spacial score (nSPS) is 30.1. The van der Waals surface area contributed by atoms with Crippen molar-refractivity contribution in [2.45, 2.75) is 31.6 Å². The number of hydrogen-bond acceptors (Lipinski definition) is 2. The van der Waals surface area contributed by atoms with Gasteiger partial charge < -0.3 is 10.6 Å². The molecule has 2 unspecified atom stereocenters. The average Bonchev–Trinajstić information content (AvgIpc) is 2.33. The van der Waals surface area contributed by atoms with Crippen molar-refractivity contribution in [3.05, 3.63) is 47.2 Å². The fourth-order valence-electron chi connectivity index (χ4n) is 2.84. The molecule has 3 nitrogen and oxygen atoms in total. The number of amides is 1. The highest BCUT2D eigenvalue weighted by molar-refractivity contribution is 5.90. The first-order valence-electron chi connectivity index (χ1n) is 6.66. The van der Waals surface area contributed by atoms with Gasteiger partial charge in [0.25, 0.3) is 0 Å². The molecule has 0 aromatic rings. The molecule has 0 saturated carbocycles. The maximum absolute atomic E-state index is 13.1. The molecule has 1 amide bonds. The van der Waals surface area contributed by atoms with E-state index in [-0.39, 0.29) is 5.54 Å². The summed E-state index contributed by atoms with van der Waals surface area (Å²) in [5, 5.41) is 5.83. The Morgan fingerprint density at radius 1 is 1.24 bits per heavy atom. The van der Waals surface area contributed by atoms with Crippen LogP contribution in [0.2, 0.25) is 0 Å². The second-order valence-electron chi connectivity index (χ2n) is 6.04. The Hall–Kier alpha value is -1.98. The number of alkyl halides is 3. The number of carbonyl (C=O) groups excluding carboxylic acids is 1. The zero-order chi connectivity index (χ0) is 15.4. The third-order valence-electron chi connectivity index (χ3n) is 3.82. The van der Waals surface area contributed by atoms with Crippen LogP contribution < -0.4 is 10.6 Å². The molecule has 3 aliphatic rings. The Morgan fingerprint density at radius 2 is 1.95 bits per heavy atom. The lowest BCUT2D eigenvalue weighted by Gasteiger charge is -2.38. The second-order valence-corrected chi connectivity index (χ2v) is 6.04. The van der Waals surface area contributed by atoms with E-state index in [0.717, 1.165) is 11.3 Å². The lowest BCUT2D eigenvalue weighted by molar-refractivity contribution is -0.122. The van der Waals surface area contributed by atoms with Gasteiger partial charge in [-0.15, -0.1) is 0 Å². The van der Waals surface area contributed by atoms with Crippen LogP contribution in [0.1, 0.15) is 13.8 Å². The summed E-state index contributed by atoms with van der Waals surface area (Å²) in [5.74, 6) is -1.59. The van der Waals surface area contributed by atoms with E-state index >= 15 is 0 Å². The van der Waals surface area contributed by atoms with Crippen LogP contribution in [0.4, 0.5) is 13.2 Å².